The predicted molar refractivity (Wildman–Crippen MR) is 193 cm³/mol. The second-order valence-electron chi connectivity index (χ2n) is 12.5. The standard InChI is InChI=1S/C38H41N3O5S2/c1-3-4-18-36-27-39(23-24-40(36)48(45,46)37-22-20-32-15-9-11-17-34(32)26-37)38(42)29(2)41(47(43,44)28-30-12-6-5-7-13-30)35-21-19-31-14-8-10-16-33(31)25-35/h5-17,19-22,25-26,29,36H,3-4,18,23-24,27-28H2,1-2H3. The lowest BCUT2D eigenvalue weighted by atomic mass is 10.1. The highest BCUT2D eigenvalue weighted by Crippen LogP contribution is 2.31. The van der Waals surface area contributed by atoms with Crippen molar-refractivity contribution in [3.8, 4) is 0 Å². The van der Waals surface area contributed by atoms with E-state index in [-0.39, 0.29) is 36.2 Å². The van der Waals surface area contributed by atoms with Gasteiger partial charge in [-0.2, -0.15) is 4.31 Å². The monoisotopic (exact) mass is 683 g/mol. The van der Waals surface area contributed by atoms with E-state index in [1.807, 2.05) is 66.7 Å². The van der Waals surface area contributed by atoms with Crippen molar-refractivity contribution < 1.29 is 21.6 Å². The van der Waals surface area contributed by atoms with Crippen molar-refractivity contribution in [2.24, 2.45) is 0 Å². The number of nitrogens with zero attached hydrogens (tertiary/aromatic N) is 3. The van der Waals surface area contributed by atoms with E-state index in [0.717, 1.165) is 34.4 Å². The zero-order valence-electron chi connectivity index (χ0n) is 27.3. The molecule has 10 heteroatoms. The Morgan fingerprint density at radius 2 is 1.38 bits per heavy atom. The van der Waals surface area contributed by atoms with E-state index in [0.29, 0.717) is 17.7 Å². The summed E-state index contributed by atoms with van der Waals surface area (Å²) < 4.78 is 59.2. The van der Waals surface area contributed by atoms with Gasteiger partial charge in [-0.3, -0.25) is 9.10 Å². The predicted octanol–water partition coefficient (Wildman–Crippen LogP) is 6.81. The van der Waals surface area contributed by atoms with Crippen LogP contribution in [-0.2, 0) is 30.6 Å². The minimum atomic E-state index is -4.02. The summed E-state index contributed by atoms with van der Waals surface area (Å²) in [6.45, 7) is 4.13. The molecule has 0 N–H and O–H groups in total. The summed E-state index contributed by atoms with van der Waals surface area (Å²) in [6, 6.07) is 33.4. The number of unbranched alkanes of at least 4 members (excludes halogenated alkanes) is 1. The van der Waals surface area contributed by atoms with Gasteiger partial charge in [-0.15, -0.1) is 0 Å². The molecule has 5 aromatic carbocycles. The van der Waals surface area contributed by atoms with Gasteiger partial charge in [-0.05, 0) is 64.7 Å². The molecule has 0 aromatic heterocycles. The molecule has 48 heavy (non-hydrogen) atoms. The van der Waals surface area contributed by atoms with Gasteiger partial charge in [0.05, 0.1) is 16.3 Å². The Balaban J connectivity index is 1.30. The molecule has 250 valence electrons. The first kappa shape index (κ1) is 33.6. The van der Waals surface area contributed by atoms with Crippen molar-refractivity contribution in [3.05, 3.63) is 121 Å². The molecule has 0 bridgehead atoms. The Morgan fingerprint density at radius 1 is 0.771 bits per heavy atom. The zero-order valence-corrected chi connectivity index (χ0v) is 28.9. The van der Waals surface area contributed by atoms with Crippen LogP contribution in [0.15, 0.2) is 120 Å². The first-order chi connectivity index (χ1) is 23.1. The van der Waals surface area contributed by atoms with Gasteiger partial charge in [-0.25, -0.2) is 16.8 Å². The fourth-order valence-electron chi connectivity index (χ4n) is 6.65. The molecule has 1 heterocycles. The van der Waals surface area contributed by atoms with Crippen LogP contribution < -0.4 is 4.31 Å². The highest BCUT2D eigenvalue weighted by atomic mass is 32.2. The van der Waals surface area contributed by atoms with E-state index in [9.17, 15) is 21.6 Å². The van der Waals surface area contributed by atoms with Crippen LogP contribution in [-0.4, -0.2) is 63.7 Å². The lowest BCUT2D eigenvalue weighted by Crippen LogP contribution is -2.59. The molecule has 0 radical (unpaired) electrons. The molecule has 0 spiro atoms. The fourth-order valence-corrected chi connectivity index (χ4v) is 10.1. The van der Waals surface area contributed by atoms with Crippen molar-refractivity contribution in [3.63, 3.8) is 0 Å². The molecule has 2 unspecified atom stereocenters. The Morgan fingerprint density at radius 3 is 2.04 bits per heavy atom. The van der Waals surface area contributed by atoms with Crippen LogP contribution in [0, 0.1) is 0 Å². The number of rotatable bonds is 11. The second kappa shape index (κ2) is 14.1. The molecular formula is C38H41N3O5S2. The molecule has 5 aromatic rings. The molecule has 8 nitrogen and oxygen atoms in total. The average molecular weight is 684 g/mol. The number of amides is 1. The number of hydrogen-bond donors (Lipinski definition) is 0. The normalized spacial score (nSPS) is 16.6. The Bertz CT molecular complexity index is 2140. The molecule has 1 amide bonds. The molecular weight excluding hydrogens is 643 g/mol. The van der Waals surface area contributed by atoms with Gasteiger partial charge < -0.3 is 4.90 Å². The number of benzene rings is 5. The first-order valence-corrected chi connectivity index (χ1v) is 19.5. The third kappa shape index (κ3) is 6.97. The number of fused-ring (bicyclic) bond motifs is 2. The number of carbonyl (C=O) groups is 1. The van der Waals surface area contributed by atoms with Gasteiger partial charge in [0.1, 0.15) is 6.04 Å². The van der Waals surface area contributed by atoms with Crippen LogP contribution in [0.25, 0.3) is 21.5 Å². The number of hydrogen-bond acceptors (Lipinski definition) is 5. The van der Waals surface area contributed by atoms with Crippen LogP contribution >= 0.6 is 0 Å². The van der Waals surface area contributed by atoms with Crippen LogP contribution in [0.2, 0.25) is 0 Å². The molecule has 1 saturated heterocycles. The maximum Gasteiger partial charge on any atom is 0.246 e. The maximum absolute atomic E-state index is 14.3. The Hall–Kier alpha value is -4.25. The number of anilines is 1. The summed E-state index contributed by atoms with van der Waals surface area (Å²) in [5, 5.41) is 3.63. The summed E-state index contributed by atoms with van der Waals surface area (Å²) in [6.07, 6.45) is 2.25. The summed E-state index contributed by atoms with van der Waals surface area (Å²) in [5.74, 6) is -0.626. The number of carbonyl (C=O) groups excluding carboxylic acids is 1. The Labute approximate surface area is 283 Å². The van der Waals surface area contributed by atoms with Gasteiger partial charge in [0.25, 0.3) is 0 Å². The second-order valence-corrected chi connectivity index (χ2v) is 16.2. The molecule has 1 fully saturated rings. The van der Waals surface area contributed by atoms with Gasteiger partial charge in [0.15, 0.2) is 0 Å². The lowest BCUT2D eigenvalue weighted by Gasteiger charge is -2.42. The quantitative estimate of drug-likeness (QED) is 0.153. The molecule has 0 aliphatic carbocycles. The van der Waals surface area contributed by atoms with E-state index >= 15 is 0 Å². The van der Waals surface area contributed by atoms with Gasteiger partial charge in [0, 0.05) is 25.7 Å². The largest absolute Gasteiger partial charge is 0.338 e. The van der Waals surface area contributed by atoms with Gasteiger partial charge in [0.2, 0.25) is 26.0 Å². The van der Waals surface area contributed by atoms with E-state index in [1.165, 1.54) is 8.61 Å². The van der Waals surface area contributed by atoms with Crippen molar-refractivity contribution in [2.45, 2.75) is 55.8 Å². The van der Waals surface area contributed by atoms with Crippen LogP contribution in [0.5, 0.6) is 0 Å². The molecule has 2 atom stereocenters. The zero-order chi connectivity index (χ0) is 33.9. The van der Waals surface area contributed by atoms with E-state index in [2.05, 4.69) is 6.92 Å². The first-order valence-electron chi connectivity index (χ1n) is 16.4. The number of sulfonamides is 2. The van der Waals surface area contributed by atoms with Gasteiger partial charge in [-0.1, -0.05) is 111 Å². The third-order valence-electron chi connectivity index (χ3n) is 9.15. The van der Waals surface area contributed by atoms with E-state index < -0.39 is 32.1 Å². The minimum absolute atomic E-state index is 0.120. The average Bonchev–Trinajstić information content (AvgIpc) is 3.10. The summed E-state index contributed by atoms with van der Waals surface area (Å²) in [5.41, 5.74) is 1.03. The smallest absolute Gasteiger partial charge is 0.246 e. The lowest BCUT2D eigenvalue weighted by molar-refractivity contribution is -0.134. The molecule has 6 rings (SSSR count). The molecule has 1 aliphatic rings. The summed E-state index contributed by atoms with van der Waals surface area (Å²) in [7, 11) is -7.87. The summed E-state index contributed by atoms with van der Waals surface area (Å²) >= 11 is 0. The van der Waals surface area contributed by atoms with E-state index in [1.54, 1.807) is 60.4 Å². The van der Waals surface area contributed by atoms with Crippen LogP contribution in [0.4, 0.5) is 5.69 Å². The van der Waals surface area contributed by atoms with Crippen molar-refractivity contribution in [1.82, 2.24) is 9.21 Å². The molecule has 0 saturated carbocycles. The fraction of sp³-hybridized carbons (Fsp3) is 0.289. The summed E-state index contributed by atoms with van der Waals surface area (Å²) in [4.78, 5) is 16.2. The topological polar surface area (TPSA) is 95.1 Å². The number of piperazine rings is 1. The van der Waals surface area contributed by atoms with E-state index in [4.69, 9.17) is 0 Å². The highest BCUT2D eigenvalue weighted by Gasteiger charge is 2.41. The molecule has 1 aliphatic heterocycles. The maximum atomic E-state index is 14.3. The van der Waals surface area contributed by atoms with Crippen molar-refractivity contribution in [1.29, 1.82) is 0 Å². The van der Waals surface area contributed by atoms with Crippen LogP contribution in [0.3, 0.4) is 0 Å². The highest BCUT2D eigenvalue weighted by molar-refractivity contribution is 7.92. The van der Waals surface area contributed by atoms with Crippen molar-refractivity contribution in [2.75, 3.05) is 23.9 Å². The minimum Gasteiger partial charge on any atom is -0.338 e. The van der Waals surface area contributed by atoms with Crippen LogP contribution in [0.1, 0.15) is 38.7 Å². The van der Waals surface area contributed by atoms with Crippen molar-refractivity contribution >= 4 is 53.2 Å². The van der Waals surface area contributed by atoms with Gasteiger partial charge >= 0.3 is 0 Å². The Kier molecular flexibility index (Phi) is 9.87. The SMILES string of the molecule is CCCCC1CN(C(=O)C(C)N(c2ccc3ccccc3c2)S(=O)(=O)Cc2ccccc2)CCN1S(=O)(=O)c1ccc2ccccc2c1. The third-order valence-corrected chi connectivity index (χ3v) is 12.9.